The highest BCUT2D eigenvalue weighted by Gasteiger charge is 2.30. The highest BCUT2D eigenvalue weighted by Crippen LogP contribution is 2.24. The Kier molecular flexibility index (Phi) is 4.60. The molecule has 1 fully saturated rings. The van der Waals surface area contributed by atoms with Gasteiger partial charge in [0, 0.05) is 24.1 Å². The normalized spacial score (nSPS) is 20.7. The molecule has 0 saturated carbocycles. The van der Waals surface area contributed by atoms with Gasteiger partial charge in [0.2, 0.25) is 10.0 Å². The van der Waals surface area contributed by atoms with Crippen LogP contribution < -0.4 is 5.32 Å². The standard InChI is InChI=1S/C12H16BrFN2O2S/c1-16(10-3-2-6-15-8-10)19(17,18)12-5-4-9(13)7-11(12)14/h4-5,7,10,15H,2-3,6,8H2,1H3. The van der Waals surface area contributed by atoms with E-state index in [0.717, 1.165) is 19.4 Å². The lowest BCUT2D eigenvalue weighted by Crippen LogP contribution is -2.46. The Balaban J connectivity index is 2.30. The van der Waals surface area contributed by atoms with Crippen molar-refractivity contribution in [3.8, 4) is 0 Å². The lowest BCUT2D eigenvalue weighted by molar-refractivity contribution is 0.299. The Morgan fingerprint density at radius 2 is 2.21 bits per heavy atom. The van der Waals surface area contributed by atoms with Crippen LogP contribution in [0.25, 0.3) is 0 Å². The summed E-state index contributed by atoms with van der Waals surface area (Å²) in [7, 11) is -2.28. The molecule has 1 aliphatic heterocycles. The van der Waals surface area contributed by atoms with E-state index in [1.807, 2.05) is 0 Å². The number of nitrogens with zero attached hydrogens (tertiary/aromatic N) is 1. The number of piperidine rings is 1. The number of halogens is 2. The van der Waals surface area contributed by atoms with Gasteiger partial charge in [0.15, 0.2) is 0 Å². The first kappa shape index (κ1) is 14.9. The van der Waals surface area contributed by atoms with Gasteiger partial charge in [-0.3, -0.25) is 0 Å². The van der Waals surface area contributed by atoms with Gasteiger partial charge in [-0.15, -0.1) is 0 Å². The summed E-state index contributed by atoms with van der Waals surface area (Å²) in [5.41, 5.74) is 0. The Morgan fingerprint density at radius 3 is 2.79 bits per heavy atom. The number of rotatable bonds is 3. The molecular formula is C12H16BrFN2O2S. The van der Waals surface area contributed by atoms with Crippen LogP contribution in [0, 0.1) is 5.82 Å². The minimum absolute atomic E-state index is 0.123. The van der Waals surface area contributed by atoms with E-state index < -0.39 is 15.8 Å². The zero-order chi connectivity index (χ0) is 14.0. The smallest absolute Gasteiger partial charge is 0.246 e. The van der Waals surface area contributed by atoms with Gasteiger partial charge in [-0.25, -0.2) is 12.8 Å². The molecule has 1 atom stereocenters. The summed E-state index contributed by atoms with van der Waals surface area (Å²) in [5, 5.41) is 3.16. The molecule has 0 radical (unpaired) electrons. The van der Waals surface area contributed by atoms with E-state index >= 15 is 0 Å². The quantitative estimate of drug-likeness (QED) is 0.906. The minimum atomic E-state index is -3.79. The first-order valence-corrected chi connectivity index (χ1v) is 8.30. The molecule has 2 rings (SSSR count). The molecule has 106 valence electrons. The lowest BCUT2D eigenvalue weighted by atomic mass is 10.1. The van der Waals surface area contributed by atoms with Gasteiger partial charge in [0.05, 0.1) is 0 Å². The summed E-state index contributed by atoms with van der Waals surface area (Å²) in [6.45, 7) is 1.50. The SMILES string of the molecule is CN(C1CCCNC1)S(=O)(=O)c1ccc(Br)cc1F. The van der Waals surface area contributed by atoms with Gasteiger partial charge >= 0.3 is 0 Å². The number of hydrogen-bond acceptors (Lipinski definition) is 3. The molecule has 0 aromatic heterocycles. The fourth-order valence-electron chi connectivity index (χ4n) is 2.18. The van der Waals surface area contributed by atoms with Crippen molar-refractivity contribution in [2.24, 2.45) is 0 Å². The predicted molar refractivity (Wildman–Crippen MR) is 74.9 cm³/mol. The zero-order valence-corrected chi connectivity index (χ0v) is 13.0. The number of hydrogen-bond donors (Lipinski definition) is 1. The highest BCUT2D eigenvalue weighted by atomic mass is 79.9. The van der Waals surface area contributed by atoms with Gasteiger partial charge in [0.1, 0.15) is 10.7 Å². The van der Waals surface area contributed by atoms with Crippen molar-refractivity contribution in [2.45, 2.75) is 23.8 Å². The second-order valence-electron chi connectivity index (χ2n) is 4.60. The molecule has 0 bridgehead atoms. The van der Waals surface area contributed by atoms with Gasteiger partial charge in [-0.1, -0.05) is 15.9 Å². The summed E-state index contributed by atoms with van der Waals surface area (Å²) in [5.74, 6) is -0.731. The van der Waals surface area contributed by atoms with Crippen molar-refractivity contribution in [1.82, 2.24) is 9.62 Å². The van der Waals surface area contributed by atoms with Crippen molar-refractivity contribution in [3.63, 3.8) is 0 Å². The molecule has 1 aromatic carbocycles. The van der Waals surface area contributed by atoms with Crippen LogP contribution in [-0.4, -0.2) is 38.9 Å². The van der Waals surface area contributed by atoms with E-state index in [2.05, 4.69) is 21.2 Å². The van der Waals surface area contributed by atoms with Gasteiger partial charge < -0.3 is 5.32 Å². The monoisotopic (exact) mass is 350 g/mol. The van der Waals surface area contributed by atoms with Gasteiger partial charge in [0.25, 0.3) is 0 Å². The average molecular weight is 351 g/mol. The van der Waals surface area contributed by atoms with Gasteiger partial charge in [-0.05, 0) is 37.6 Å². The Labute approximate surface area is 121 Å². The Hall–Kier alpha value is -0.500. The third-order valence-electron chi connectivity index (χ3n) is 3.34. The summed E-state index contributed by atoms with van der Waals surface area (Å²) in [4.78, 5) is -0.274. The molecule has 1 N–H and O–H groups in total. The zero-order valence-electron chi connectivity index (χ0n) is 10.6. The fraction of sp³-hybridized carbons (Fsp3) is 0.500. The maximum atomic E-state index is 13.8. The number of likely N-dealkylation sites (N-methyl/N-ethyl adjacent to an activating group) is 1. The predicted octanol–water partition coefficient (Wildman–Crippen LogP) is 1.96. The maximum Gasteiger partial charge on any atom is 0.246 e. The van der Waals surface area contributed by atoms with Crippen molar-refractivity contribution < 1.29 is 12.8 Å². The second kappa shape index (κ2) is 5.87. The molecule has 19 heavy (non-hydrogen) atoms. The third kappa shape index (κ3) is 3.16. The van der Waals surface area contributed by atoms with E-state index in [0.29, 0.717) is 11.0 Å². The molecular weight excluding hydrogens is 335 g/mol. The molecule has 1 unspecified atom stereocenters. The first-order valence-electron chi connectivity index (χ1n) is 6.07. The van der Waals surface area contributed by atoms with Crippen LogP contribution in [0.5, 0.6) is 0 Å². The summed E-state index contributed by atoms with van der Waals surface area (Å²) in [6, 6.07) is 3.87. The van der Waals surface area contributed by atoms with E-state index in [4.69, 9.17) is 0 Å². The number of benzene rings is 1. The molecule has 0 amide bonds. The molecule has 1 saturated heterocycles. The molecule has 7 heteroatoms. The lowest BCUT2D eigenvalue weighted by Gasteiger charge is -2.31. The molecule has 1 aliphatic rings. The van der Waals surface area contributed by atoms with Crippen LogP contribution in [0.2, 0.25) is 0 Å². The van der Waals surface area contributed by atoms with E-state index in [-0.39, 0.29) is 10.9 Å². The van der Waals surface area contributed by atoms with Crippen LogP contribution >= 0.6 is 15.9 Å². The largest absolute Gasteiger partial charge is 0.315 e. The topological polar surface area (TPSA) is 49.4 Å². The van der Waals surface area contributed by atoms with Crippen molar-refractivity contribution >= 4 is 26.0 Å². The summed E-state index contributed by atoms with van der Waals surface area (Å²) < 4.78 is 40.4. The summed E-state index contributed by atoms with van der Waals surface area (Å²) in [6.07, 6.45) is 1.72. The number of nitrogens with one attached hydrogen (secondary N) is 1. The van der Waals surface area contributed by atoms with Crippen molar-refractivity contribution in [3.05, 3.63) is 28.5 Å². The first-order chi connectivity index (χ1) is 8.93. The van der Waals surface area contributed by atoms with Crippen LogP contribution in [0.1, 0.15) is 12.8 Å². The van der Waals surface area contributed by atoms with Crippen LogP contribution in [0.3, 0.4) is 0 Å². The average Bonchev–Trinajstić information content (AvgIpc) is 2.38. The molecule has 4 nitrogen and oxygen atoms in total. The Morgan fingerprint density at radius 1 is 1.47 bits per heavy atom. The molecule has 1 heterocycles. The molecule has 0 aliphatic carbocycles. The van der Waals surface area contributed by atoms with Gasteiger partial charge in [-0.2, -0.15) is 4.31 Å². The summed E-state index contributed by atoms with van der Waals surface area (Å²) >= 11 is 3.12. The van der Waals surface area contributed by atoms with Crippen molar-refractivity contribution in [2.75, 3.05) is 20.1 Å². The van der Waals surface area contributed by atoms with E-state index in [9.17, 15) is 12.8 Å². The van der Waals surface area contributed by atoms with Crippen molar-refractivity contribution in [1.29, 1.82) is 0 Å². The maximum absolute atomic E-state index is 13.8. The third-order valence-corrected chi connectivity index (χ3v) is 5.77. The fourth-order valence-corrected chi connectivity index (χ4v) is 3.94. The number of sulfonamides is 1. The van der Waals surface area contributed by atoms with E-state index in [1.165, 1.54) is 29.6 Å². The van der Waals surface area contributed by atoms with Crippen LogP contribution in [0.15, 0.2) is 27.6 Å². The van der Waals surface area contributed by atoms with E-state index in [1.54, 1.807) is 0 Å². The molecule has 0 spiro atoms. The second-order valence-corrected chi connectivity index (χ2v) is 7.48. The highest BCUT2D eigenvalue weighted by molar-refractivity contribution is 9.10. The van der Waals surface area contributed by atoms with Crippen LogP contribution in [0.4, 0.5) is 4.39 Å². The minimum Gasteiger partial charge on any atom is -0.315 e. The molecule has 1 aromatic rings. The van der Waals surface area contributed by atoms with Crippen LogP contribution in [-0.2, 0) is 10.0 Å². The Bertz CT molecular complexity index is 559.